The molecule has 2 aromatic rings. The van der Waals surface area contributed by atoms with E-state index >= 15 is 0 Å². The lowest BCUT2D eigenvalue weighted by atomic mass is 10.1. The van der Waals surface area contributed by atoms with Crippen LogP contribution in [0, 0.1) is 17.0 Å². The number of aromatic nitrogens is 1. The number of benzene rings is 1. The smallest absolute Gasteiger partial charge is 0.334 e. The van der Waals surface area contributed by atoms with E-state index in [2.05, 4.69) is 4.98 Å². The summed E-state index contributed by atoms with van der Waals surface area (Å²) >= 11 is 0. The molecule has 0 unspecified atom stereocenters. The first kappa shape index (κ1) is 14.0. The van der Waals surface area contributed by atoms with E-state index in [4.69, 9.17) is 9.84 Å². The molecule has 1 N–H and O–H groups in total. The lowest BCUT2D eigenvalue weighted by Gasteiger charge is -2.07. The topological polar surface area (TPSA) is 85.5 Å². The van der Waals surface area contributed by atoms with Crippen LogP contribution in [0.3, 0.4) is 0 Å². The average Bonchev–Trinajstić information content (AvgIpc) is 2.41. The standard InChI is InChI=1S/C14H14N2O4/c1-10-6-8-15-14(13(10)16(18)19)20-12-4-2-11(3-5-12)7-9-17/h2-6,8,17H,7,9H2,1H3. The maximum Gasteiger partial charge on any atom is 0.334 e. The molecule has 0 amide bonds. The van der Waals surface area contributed by atoms with Gasteiger partial charge in [0.1, 0.15) is 5.75 Å². The van der Waals surface area contributed by atoms with E-state index in [1.54, 1.807) is 37.3 Å². The van der Waals surface area contributed by atoms with Gasteiger partial charge in [-0.25, -0.2) is 4.98 Å². The number of ether oxygens (including phenoxy) is 1. The summed E-state index contributed by atoms with van der Waals surface area (Å²) in [4.78, 5) is 14.4. The molecule has 104 valence electrons. The van der Waals surface area contributed by atoms with Crippen LogP contribution in [0.15, 0.2) is 36.5 Å². The Hall–Kier alpha value is -2.47. The first-order chi connectivity index (χ1) is 9.61. The summed E-state index contributed by atoms with van der Waals surface area (Å²) in [5.41, 5.74) is 1.33. The highest BCUT2D eigenvalue weighted by molar-refractivity contribution is 5.49. The minimum Gasteiger partial charge on any atom is -0.434 e. The molecule has 1 aromatic heterocycles. The number of nitrogens with zero attached hydrogens (tertiary/aromatic N) is 2. The minimum absolute atomic E-state index is 0.0232. The fraction of sp³-hybridized carbons (Fsp3) is 0.214. The van der Waals surface area contributed by atoms with Crippen molar-refractivity contribution < 1.29 is 14.8 Å². The van der Waals surface area contributed by atoms with Crippen LogP contribution in [0.1, 0.15) is 11.1 Å². The highest BCUT2D eigenvalue weighted by Gasteiger charge is 2.20. The SMILES string of the molecule is Cc1ccnc(Oc2ccc(CCO)cc2)c1[N+](=O)[O-]. The van der Waals surface area contributed by atoms with E-state index in [1.165, 1.54) is 6.20 Å². The van der Waals surface area contributed by atoms with E-state index in [-0.39, 0.29) is 18.2 Å². The van der Waals surface area contributed by atoms with E-state index < -0.39 is 4.92 Å². The van der Waals surface area contributed by atoms with Crippen LogP contribution in [0.2, 0.25) is 0 Å². The normalized spacial score (nSPS) is 10.3. The number of aryl methyl sites for hydroxylation is 1. The molecule has 1 heterocycles. The monoisotopic (exact) mass is 274 g/mol. The third-order valence-electron chi connectivity index (χ3n) is 2.81. The van der Waals surface area contributed by atoms with Gasteiger partial charge in [0.25, 0.3) is 5.88 Å². The second-order valence-corrected chi connectivity index (χ2v) is 4.26. The van der Waals surface area contributed by atoms with Gasteiger partial charge in [-0.1, -0.05) is 12.1 Å². The lowest BCUT2D eigenvalue weighted by molar-refractivity contribution is -0.386. The lowest BCUT2D eigenvalue weighted by Crippen LogP contribution is -1.98. The molecule has 0 atom stereocenters. The number of nitro groups is 1. The van der Waals surface area contributed by atoms with Gasteiger partial charge in [-0.15, -0.1) is 0 Å². The van der Waals surface area contributed by atoms with Crippen molar-refractivity contribution in [1.29, 1.82) is 0 Å². The first-order valence-corrected chi connectivity index (χ1v) is 6.09. The third kappa shape index (κ3) is 3.10. The van der Waals surface area contributed by atoms with E-state index in [0.717, 1.165) is 5.56 Å². The van der Waals surface area contributed by atoms with Gasteiger partial charge in [-0.05, 0) is 37.1 Å². The second kappa shape index (κ2) is 6.12. The average molecular weight is 274 g/mol. The molecule has 6 nitrogen and oxygen atoms in total. The van der Waals surface area contributed by atoms with Crippen LogP contribution in [-0.2, 0) is 6.42 Å². The molecule has 0 spiro atoms. The summed E-state index contributed by atoms with van der Waals surface area (Å²) in [6.07, 6.45) is 2.03. The van der Waals surface area contributed by atoms with Crippen molar-refractivity contribution in [2.75, 3.05) is 6.61 Å². The highest BCUT2D eigenvalue weighted by Crippen LogP contribution is 2.31. The summed E-state index contributed by atoms with van der Waals surface area (Å²) in [6.45, 7) is 1.71. The fourth-order valence-electron chi connectivity index (χ4n) is 1.79. The minimum atomic E-state index is -0.502. The van der Waals surface area contributed by atoms with Crippen LogP contribution in [-0.4, -0.2) is 21.6 Å². The maximum absolute atomic E-state index is 11.0. The Bertz CT molecular complexity index is 611. The van der Waals surface area contributed by atoms with Gasteiger partial charge in [-0.3, -0.25) is 10.1 Å². The van der Waals surface area contributed by atoms with Crippen molar-refractivity contribution >= 4 is 5.69 Å². The summed E-state index contributed by atoms with van der Waals surface area (Å²) in [5, 5.41) is 19.9. The quantitative estimate of drug-likeness (QED) is 0.669. The van der Waals surface area contributed by atoms with Crippen LogP contribution < -0.4 is 4.74 Å². The van der Waals surface area contributed by atoms with Gasteiger partial charge in [0.2, 0.25) is 0 Å². The second-order valence-electron chi connectivity index (χ2n) is 4.26. The zero-order valence-electron chi connectivity index (χ0n) is 10.9. The molecule has 0 aliphatic heterocycles. The Balaban J connectivity index is 2.26. The summed E-state index contributed by atoms with van der Waals surface area (Å²) in [7, 11) is 0. The molecular formula is C14H14N2O4. The molecular weight excluding hydrogens is 260 g/mol. The molecule has 1 aromatic carbocycles. The molecule has 0 saturated heterocycles. The van der Waals surface area contributed by atoms with Gasteiger partial charge in [-0.2, -0.15) is 0 Å². The van der Waals surface area contributed by atoms with Crippen molar-refractivity contribution in [2.45, 2.75) is 13.3 Å². The molecule has 0 radical (unpaired) electrons. The van der Waals surface area contributed by atoms with Crippen molar-refractivity contribution in [1.82, 2.24) is 4.98 Å². The van der Waals surface area contributed by atoms with E-state index in [9.17, 15) is 10.1 Å². The molecule has 6 heteroatoms. The number of aliphatic hydroxyl groups excluding tert-OH is 1. The molecule has 2 rings (SSSR count). The first-order valence-electron chi connectivity index (χ1n) is 6.09. The molecule has 0 fully saturated rings. The Kier molecular flexibility index (Phi) is 4.27. The maximum atomic E-state index is 11.0. The predicted octanol–water partition coefficient (Wildman–Crippen LogP) is 2.63. The van der Waals surface area contributed by atoms with Crippen LogP contribution in [0.25, 0.3) is 0 Å². The fourth-order valence-corrected chi connectivity index (χ4v) is 1.79. The molecule has 0 bridgehead atoms. The molecule has 0 aliphatic rings. The zero-order chi connectivity index (χ0) is 14.5. The van der Waals surface area contributed by atoms with Crippen molar-refractivity contribution in [2.24, 2.45) is 0 Å². The number of aliphatic hydroxyl groups is 1. The molecule has 0 aliphatic carbocycles. The van der Waals surface area contributed by atoms with Crippen LogP contribution in [0.4, 0.5) is 5.69 Å². The van der Waals surface area contributed by atoms with Crippen LogP contribution >= 0.6 is 0 Å². The predicted molar refractivity (Wildman–Crippen MR) is 72.9 cm³/mol. The van der Waals surface area contributed by atoms with Gasteiger partial charge >= 0.3 is 5.69 Å². The van der Waals surface area contributed by atoms with E-state index in [1.807, 2.05) is 0 Å². The number of hydrogen-bond donors (Lipinski definition) is 1. The Morgan fingerprint density at radius 3 is 2.60 bits per heavy atom. The Morgan fingerprint density at radius 1 is 1.30 bits per heavy atom. The third-order valence-corrected chi connectivity index (χ3v) is 2.81. The zero-order valence-corrected chi connectivity index (χ0v) is 10.9. The van der Waals surface area contributed by atoms with Crippen molar-refractivity contribution in [3.05, 3.63) is 57.8 Å². The number of pyridine rings is 1. The Morgan fingerprint density at radius 2 is 2.00 bits per heavy atom. The van der Waals surface area contributed by atoms with Crippen molar-refractivity contribution in [3.8, 4) is 11.6 Å². The summed E-state index contributed by atoms with van der Waals surface area (Å²) in [6, 6.07) is 8.55. The van der Waals surface area contributed by atoms with Gasteiger partial charge in [0, 0.05) is 18.4 Å². The van der Waals surface area contributed by atoms with Crippen molar-refractivity contribution in [3.63, 3.8) is 0 Å². The summed E-state index contributed by atoms with van der Waals surface area (Å²) < 4.78 is 5.47. The van der Waals surface area contributed by atoms with Gasteiger partial charge in [0.05, 0.1) is 4.92 Å². The van der Waals surface area contributed by atoms with Gasteiger partial charge in [0.15, 0.2) is 0 Å². The number of rotatable bonds is 5. The molecule has 0 saturated carbocycles. The van der Waals surface area contributed by atoms with Gasteiger partial charge < -0.3 is 9.84 Å². The molecule has 20 heavy (non-hydrogen) atoms. The Labute approximate surface area is 115 Å². The number of hydrogen-bond acceptors (Lipinski definition) is 5. The van der Waals surface area contributed by atoms with E-state index in [0.29, 0.717) is 17.7 Å². The summed E-state index contributed by atoms with van der Waals surface area (Å²) in [5.74, 6) is 0.442. The largest absolute Gasteiger partial charge is 0.434 e. The van der Waals surface area contributed by atoms with Crippen LogP contribution in [0.5, 0.6) is 11.6 Å². The highest BCUT2D eigenvalue weighted by atomic mass is 16.6.